The van der Waals surface area contributed by atoms with Gasteiger partial charge in [0.15, 0.2) is 5.82 Å². The number of carbonyl (C=O) groups excluding carboxylic acids is 1. The fourth-order valence-corrected chi connectivity index (χ4v) is 4.50. The molecule has 0 unspecified atom stereocenters. The number of benzene rings is 1. The SMILES string of the molecule is COC1CCN(CCc2cc(O)c(N3CC(=O)NS3(=O)=O)c(F)c2)CC1. The summed E-state index contributed by atoms with van der Waals surface area (Å²) in [6, 6.07) is 2.55. The highest BCUT2D eigenvalue weighted by molar-refractivity contribution is 7.92. The van der Waals surface area contributed by atoms with E-state index >= 15 is 0 Å². The standard InChI is InChI=1S/C16H22FN3O5S/c1-25-12-3-6-19(7-4-12)5-2-11-8-13(17)16(14(21)9-11)20-10-15(22)18-26(20,23)24/h8-9,12,21H,2-7,10H2,1H3,(H,18,22). The van der Waals surface area contributed by atoms with Crippen LogP contribution in [0.2, 0.25) is 0 Å². The molecule has 0 atom stereocenters. The molecular formula is C16H22FN3O5S. The van der Waals surface area contributed by atoms with Gasteiger partial charge < -0.3 is 14.7 Å². The van der Waals surface area contributed by atoms with Gasteiger partial charge in [0.2, 0.25) is 0 Å². The largest absolute Gasteiger partial charge is 0.506 e. The van der Waals surface area contributed by atoms with E-state index in [9.17, 15) is 22.7 Å². The second-order valence-corrected chi connectivity index (χ2v) is 8.10. The van der Waals surface area contributed by atoms with E-state index in [0.29, 0.717) is 22.8 Å². The molecule has 8 nitrogen and oxygen atoms in total. The van der Waals surface area contributed by atoms with Gasteiger partial charge in [-0.3, -0.25) is 4.79 Å². The fraction of sp³-hybridized carbons (Fsp3) is 0.562. The van der Waals surface area contributed by atoms with Gasteiger partial charge in [-0.2, -0.15) is 8.42 Å². The van der Waals surface area contributed by atoms with Crippen molar-refractivity contribution in [1.82, 2.24) is 9.62 Å². The maximum absolute atomic E-state index is 14.5. The molecule has 0 radical (unpaired) electrons. The molecule has 0 aromatic heterocycles. The third kappa shape index (κ3) is 3.92. The van der Waals surface area contributed by atoms with Crippen molar-refractivity contribution in [2.24, 2.45) is 0 Å². The molecule has 0 aliphatic carbocycles. The summed E-state index contributed by atoms with van der Waals surface area (Å²) in [5, 5.41) is 10.1. The van der Waals surface area contributed by atoms with Crippen molar-refractivity contribution in [3.8, 4) is 5.75 Å². The second kappa shape index (κ2) is 7.37. The van der Waals surface area contributed by atoms with Crippen LogP contribution in [0, 0.1) is 5.82 Å². The molecule has 2 aliphatic heterocycles. The monoisotopic (exact) mass is 387 g/mol. The summed E-state index contributed by atoms with van der Waals surface area (Å²) in [4.78, 5) is 13.5. The average molecular weight is 387 g/mol. The van der Waals surface area contributed by atoms with Crippen molar-refractivity contribution >= 4 is 21.8 Å². The molecule has 10 heteroatoms. The predicted octanol–water partition coefficient (Wildman–Crippen LogP) is 0.366. The van der Waals surface area contributed by atoms with Gasteiger partial charge >= 0.3 is 10.2 Å². The van der Waals surface area contributed by atoms with Gasteiger partial charge in [0.05, 0.1) is 6.10 Å². The molecule has 144 valence electrons. The molecule has 2 N–H and O–H groups in total. The van der Waals surface area contributed by atoms with Crippen LogP contribution < -0.4 is 9.03 Å². The predicted molar refractivity (Wildman–Crippen MR) is 92.6 cm³/mol. The lowest BCUT2D eigenvalue weighted by atomic mass is 10.1. The number of piperidine rings is 1. The topological polar surface area (TPSA) is 99.2 Å². The minimum absolute atomic E-state index is 0.283. The summed E-state index contributed by atoms with van der Waals surface area (Å²) < 4.78 is 45.8. The third-order valence-corrected chi connectivity index (χ3v) is 6.13. The maximum Gasteiger partial charge on any atom is 0.326 e. The summed E-state index contributed by atoms with van der Waals surface area (Å²) in [5.41, 5.74) is 0.0569. The first kappa shape index (κ1) is 18.9. The molecule has 3 rings (SSSR count). The number of anilines is 1. The molecule has 0 spiro atoms. The van der Waals surface area contributed by atoms with Crippen LogP contribution in [0.1, 0.15) is 18.4 Å². The summed E-state index contributed by atoms with van der Waals surface area (Å²) in [7, 11) is -2.47. The number of ether oxygens (including phenoxy) is 1. The first-order chi connectivity index (χ1) is 12.3. The molecule has 1 amide bonds. The Morgan fingerprint density at radius 2 is 2.04 bits per heavy atom. The zero-order chi connectivity index (χ0) is 18.9. The lowest BCUT2D eigenvalue weighted by Gasteiger charge is -2.31. The average Bonchev–Trinajstić information content (AvgIpc) is 2.85. The van der Waals surface area contributed by atoms with E-state index in [-0.39, 0.29) is 6.10 Å². The van der Waals surface area contributed by atoms with Gasteiger partial charge in [0, 0.05) is 26.7 Å². The Kier molecular flexibility index (Phi) is 5.35. The van der Waals surface area contributed by atoms with Crippen molar-refractivity contribution in [3.05, 3.63) is 23.5 Å². The van der Waals surface area contributed by atoms with Gasteiger partial charge in [-0.05, 0) is 37.0 Å². The van der Waals surface area contributed by atoms with E-state index in [0.717, 1.165) is 25.9 Å². The Hall–Kier alpha value is -1.91. The number of rotatable bonds is 5. The van der Waals surface area contributed by atoms with Crippen molar-refractivity contribution in [2.45, 2.75) is 25.4 Å². The van der Waals surface area contributed by atoms with Crippen molar-refractivity contribution in [1.29, 1.82) is 0 Å². The number of hydrogen-bond donors (Lipinski definition) is 2. The Bertz CT molecular complexity index is 770. The second-order valence-electron chi connectivity index (χ2n) is 6.51. The third-order valence-electron chi connectivity index (χ3n) is 4.76. The zero-order valence-electron chi connectivity index (χ0n) is 14.4. The Morgan fingerprint density at radius 3 is 2.58 bits per heavy atom. The molecule has 0 saturated carbocycles. The van der Waals surface area contributed by atoms with Crippen molar-refractivity contribution < 1.29 is 27.4 Å². The smallest absolute Gasteiger partial charge is 0.326 e. The van der Waals surface area contributed by atoms with Crippen LogP contribution in [0.15, 0.2) is 12.1 Å². The number of carbonyl (C=O) groups is 1. The number of halogens is 1. The van der Waals surface area contributed by atoms with E-state index in [1.807, 2.05) is 0 Å². The zero-order valence-corrected chi connectivity index (χ0v) is 15.3. The Labute approximate surface area is 151 Å². The van der Waals surface area contributed by atoms with Crippen LogP contribution >= 0.6 is 0 Å². The Morgan fingerprint density at radius 1 is 1.35 bits per heavy atom. The number of nitrogens with zero attached hydrogens (tertiary/aromatic N) is 2. The van der Waals surface area contributed by atoms with Gasteiger partial charge in [-0.1, -0.05) is 0 Å². The van der Waals surface area contributed by atoms with E-state index in [4.69, 9.17) is 4.74 Å². The van der Waals surface area contributed by atoms with Crippen LogP contribution in [-0.4, -0.2) is 63.7 Å². The molecule has 2 saturated heterocycles. The van der Waals surface area contributed by atoms with Gasteiger partial charge in [0.25, 0.3) is 5.91 Å². The lowest BCUT2D eigenvalue weighted by Crippen LogP contribution is -2.37. The van der Waals surface area contributed by atoms with Gasteiger partial charge in [-0.15, -0.1) is 0 Å². The lowest BCUT2D eigenvalue weighted by molar-refractivity contribution is -0.117. The number of aromatic hydroxyl groups is 1. The number of phenolic OH excluding ortho intramolecular Hbond substituents is 1. The van der Waals surface area contributed by atoms with E-state index in [2.05, 4.69) is 4.90 Å². The number of methoxy groups -OCH3 is 1. The molecule has 2 fully saturated rings. The molecule has 2 aliphatic rings. The first-order valence-corrected chi connectivity index (χ1v) is 9.84. The number of nitrogens with one attached hydrogen (secondary N) is 1. The maximum atomic E-state index is 14.5. The highest BCUT2D eigenvalue weighted by Gasteiger charge is 2.37. The quantitative estimate of drug-likeness (QED) is 0.757. The first-order valence-electron chi connectivity index (χ1n) is 8.40. The molecule has 1 aromatic rings. The van der Waals surface area contributed by atoms with Crippen LogP contribution in [0.3, 0.4) is 0 Å². The summed E-state index contributed by atoms with van der Waals surface area (Å²) in [6.45, 7) is 1.94. The number of phenols is 1. The van der Waals surface area contributed by atoms with Crippen molar-refractivity contribution in [2.75, 3.05) is 37.6 Å². The number of likely N-dealkylation sites (tertiary alicyclic amines) is 1. The number of hydrogen-bond acceptors (Lipinski definition) is 6. The highest BCUT2D eigenvalue weighted by atomic mass is 32.2. The normalized spacial score (nSPS) is 21.2. The van der Waals surface area contributed by atoms with Crippen molar-refractivity contribution in [3.63, 3.8) is 0 Å². The highest BCUT2D eigenvalue weighted by Crippen LogP contribution is 2.34. The minimum atomic E-state index is -4.17. The van der Waals surface area contributed by atoms with Crippen LogP contribution in [0.25, 0.3) is 0 Å². The molecule has 26 heavy (non-hydrogen) atoms. The molecule has 2 heterocycles. The summed E-state index contributed by atoms with van der Waals surface area (Å²) >= 11 is 0. The van der Waals surface area contributed by atoms with Crippen LogP contribution in [0.4, 0.5) is 10.1 Å². The van der Waals surface area contributed by atoms with Gasteiger partial charge in [0.1, 0.15) is 18.0 Å². The molecule has 1 aromatic carbocycles. The summed E-state index contributed by atoms with van der Waals surface area (Å²) in [6.07, 6.45) is 2.70. The van der Waals surface area contributed by atoms with E-state index in [1.165, 1.54) is 12.1 Å². The number of amides is 1. The van der Waals surface area contributed by atoms with E-state index < -0.39 is 39.9 Å². The van der Waals surface area contributed by atoms with Gasteiger partial charge in [-0.25, -0.2) is 13.4 Å². The Balaban J connectivity index is 1.69. The summed E-state index contributed by atoms with van der Waals surface area (Å²) in [5.74, 6) is -2.15. The van der Waals surface area contributed by atoms with E-state index in [1.54, 1.807) is 11.8 Å². The molecular weight excluding hydrogens is 365 g/mol. The minimum Gasteiger partial charge on any atom is -0.506 e. The fourth-order valence-electron chi connectivity index (χ4n) is 3.33. The van der Waals surface area contributed by atoms with Crippen LogP contribution in [-0.2, 0) is 26.2 Å². The molecule has 0 bridgehead atoms. The van der Waals surface area contributed by atoms with Crippen LogP contribution in [0.5, 0.6) is 5.75 Å².